The van der Waals surface area contributed by atoms with E-state index >= 15 is 0 Å². The van der Waals surface area contributed by atoms with E-state index in [1.165, 1.54) is 4.90 Å². The number of nitrogens with two attached hydrogens (primary N) is 1. The molecule has 1 aliphatic carbocycles. The molecule has 5 rings (SSSR count). The highest BCUT2D eigenvalue weighted by Gasteiger charge is 2.36. The van der Waals surface area contributed by atoms with E-state index in [-0.39, 0.29) is 29.9 Å². The van der Waals surface area contributed by atoms with Crippen molar-refractivity contribution in [2.75, 3.05) is 19.8 Å². The maximum absolute atomic E-state index is 11.9. The molecule has 11 nitrogen and oxygen atoms in total. The monoisotopic (exact) mass is 469 g/mol. The highest BCUT2D eigenvalue weighted by Crippen LogP contribution is 2.46. The fourth-order valence-electron chi connectivity index (χ4n) is 3.86. The summed E-state index contributed by atoms with van der Waals surface area (Å²) in [6.07, 6.45) is 7.08. The standard InChI is InChI=1S/C24H23N9O2/c1-32(2)20(34)13-33-12-17(10-28-33)24-30-23(31-35-24)21(16-7-8-16)15-5-3-14(4-6-15)19-11-27-22(26)18(9-25)29-19/h3-6,10-12,16,21H,7-8,13H2,1-2H3,(H2,26,27)/t21-/m0/s1. The summed E-state index contributed by atoms with van der Waals surface area (Å²) in [6, 6.07) is 9.88. The van der Waals surface area contributed by atoms with Crippen molar-refractivity contribution in [1.29, 1.82) is 5.26 Å². The van der Waals surface area contributed by atoms with Crippen molar-refractivity contribution in [1.82, 2.24) is 34.8 Å². The van der Waals surface area contributed by atoms with Crippen LogP contribution in [0.4, 0.5) is 5.82 Å². The molecule has 1 aliphatic rings. The summed E-state index contributed by atoms with van der Waals surface area (Å²) in [5, 5.41) is 17.7. The Morgan fingerprint density at radius 3 is 2.69 bits per heavy atom. The van der Waals surface area contributed by atoms with Gasteiger partial charge in [0.25, 0.3) is 5.89 Å². The summed E-state index contributed by atoms with van der Waals surface area (Å²) >= 11 is 0. The molecule has 11 heteroatoms. The Kier molecular flexibility index (Phi) is 5.70. The van der Waals surface area contributed by atoms with E-state index in [0.717, 1.165) is 24.0 Å². The predicted molar refractivity (Wildman–Crippen MR) is 125 cm³/mol. The molecule has 0 unspecified atom stereocenters. The second-order valence-corrected chi connectivity index (χ2v) is 8.71. The lowest BCUT2D eigenvalue weighted by Crippen LogP contribution is -2.26. The molecule has 1 fully saturated rings. The van der Waals surface area contributed by atoms with Crippen LogP contribution in [0.2, 0.25) is 0 Å². The van der Waals surface area contributed by atoms with Crippen molar-refractivity contribution in [3.05, 3.63) is 59.9 Å². The Bertz CT molecular complexity index is 1410. The molecule has 3 heterocycles. The quantitative estimate of drug-likeness (QED) is 0.430. The molecule has 176 valence electrons. The number of carbonyl (C=O) groups is 1. The zero-order chi connectivity index (χ0) is 24.5. The van der Waals surface area contributed by atoms with Crippen molar-refractivity contribution in [3.63, 3.8) is 0 Å². The predicted octanol–water partition coefficient (Wildman–Crippen LogP) is 2.47. The van der Waals surface area contributed by atoms with Gasteiger partial charge < -0.3 is 15.2 Å². The summed E-state index contributed by atoms with van der Waals surface area (Å²) in [5.41, 5.74) is 8.94. The second kappa shape index (κ2) is 8.98. The molecule has 0 aliphatic heterocycles. The van der Waals surface area contributed by atoms with Crippen molar-refractivity contribution in [2.24, 2.45) is 5.92 Å². The van der Waals surface area contributed by atoms with Crippen LogP contribution < -0.4 is 5.73 Å². The minimum Gasteiger partial charge on any atom is -0.381 e. The average Bonchev–Trinajstić information content (AvgIpc) is 3.37. The van der Waals surface area contributed by atoms with E-state index in [0.29, 0.717) is 28.9 Å². The number of amides is 1. The molecule has 1 saturated carbocycles. The Labute approximate surface area is 201 Å². The number of aromatic nitrogens is 6. The highest BCUT2D eigenvalue weighted by atomic mass is 16.5. The van der Waals surface area contributed by atoms with E-state index in [2.05, 4.69) is 25.2 Å². The molecule has 35 heavy (non-hydrogen) atoms. The molecule has 0 bridgehead atoms. The fraction of sp³-hybridized carbons (Fsp3) is 0.292. The smallest absolute Gasteiger partial charge is 0.261 e. The molecule has 0 spiro atoms. The Morgan fingerprint density at radius 1 is 1.23 bits per heavy atom. The molecular weight excluding hydrogens is 446 g/mol. The average molecular weight is 470 g/mol. The Balaban J connectivity index is 1.38. The van der Waals surface area contributed by atoms with Gasteiger partial charge in [-0.05, 0) is 24.3 Å². The van der Waals surface area contributed by atoms with Gasteiger partial charge in [-0.25, -0.2) is 9.97 Å². The Morgan fingerprint density at radius 2 is 2.00 bits per heavy atom. The summed E-state index contributed by atoms with van der Waals surface area (Å²) in [6.45, 7) is 0.138. The minimum atomic E-state index is -0.0584. The molecule has 2 N–H and O–H groups in total. The van der Waals surface area contributed by atoms with E-state index < -0.39 is 0 Å². The van der Waals surface area contributed by atoms with E-state index in [9.17, 15) is 4.79 Å². The number of likely N-dealkylation sites (N-methyl/N-ethyl adjacent to an activating group) is 1. The number of nitriles is 1. The van der Waals surface area contributed by atoms with Gasteiger partial charge in [0.1, 0.15) is 12.6 Å². The molecular formula is C24H23N9O2. The number of anilines is 1. The summed E-state index contributed by atoms with van der Waals surface area (Å²) in [5.74, 6) is 1.48. The van der Waals surface area contributed by atoms with E-state index in [1.54, 1.807) is 37.4 Å². The first kappa shape index (κ1) is 22.2. The van der Waals surface area contributed by atoms with Gasteiger partial charge in [-0.1, -0.05) is 29.4 Å². The lowest BCUT2D eigenvalue weighted by atomic mass is 9.92. The maximum atomic E-state index is 11.9. The highest BCUT2D eigenvalue weighted by molar-refractivity contribution is 5.75. The molecule has 3 aromatic heterocycles. The number of rotatable bonds is 7. The first-order chi connectivity index (χ1) is 16.9. The molecule has 4 aromatic rings. The largest absolute Gasteiger partial charge is 0.381 e. The third kappa shape index (κ3) is 4.59. The molecule has 1 amide bonds. The van der Waals surface area contributed by atoms with Crippen molar-refractivity contribution >= 4 is 11.7 Å². The number of hydrogen-bond acceptors (Lipinski definition) is 9. The zero-order valence-electron chi connectivity index (χ0n) is 19.3. The Hall–Kier alpha value is -4.59. The lowest BCUT2D eigenvalue weighted by molar-refractivity contribution is -0.129. The molecule has 0 radical (unpaired) electrons. The van der Waals surface area contributed by atoms with Crippen LogP contribution in [0.3, 0.4) is 0 Å². The van der Waals surface area contributed by atoms with Crippen LogP contribution in [0.5, 0.6) is 0 Å². The third-order valence-corrected chi connectivity index (χ3v) is 5.96. The zero-order valence-corrected chi connectivity index (χ0v) is 19.3. The van der Waals surface area contributed by atoms with Gasteiger partial charge >= 0.3 is 0 Å². The molecule has 1 aromatic carbocycles. The van der Waals surface area contributed by atoms with Gasteiger partial charge in [0, 0.05) is 25.9 Å². The lowest BCUT2D eigenvalue weighted by Gasteiger charge is -2.13. The summed E-state index contributed by atoms with van der Waals surface area (Å²) in [7, 11) is 3.41. The summed E-state index contributed by atoms with van der Waals surface area (Å²) < 4.78 is 7.11. The van der Waals surface area contributed by atoms with Gasteiger partial charge in [-0.3, -0.25) is 9.48 Å². The number of carbonyl (C=O) groups excluding carboxylic acids is 1. The third-order valence-electron chi connectivity index (χ3n) is 5.96. The topological polar surface area (TPSA) is 153 Å². The normalized spacial score (nSPS) is 13.9. The van der Waals surface area contributed by atoms with Crippen LogP contribution in [0.1, 0.15) is 35.8 Å². The van der Waals surface area contributed by atoms with Crippen LogP contribution in [-0.4, -0.2) is 54.8 Å². The number of nitrogen functional groups attached to an aromatic ring is 1. The first-order valence-corrected chi connectivity index (χ1v) is 11.1. The first-order valence-electron chi connectivity index (χ1n) is 11.1. The van der Waals surface area contributed by atoms with Crippen LogP contribution in [0.25, 0.3) is 22.7 Å². The second-order valence-electron chi connectivity index (χ2n) is 8.71. The van der Waals surface area contributed by atoms with E-state index in [1.807, 2.05) is 30.3 Å². The van der Waals surface area contributed by atoms with Gasteiger partial charge in [0.15, 0.2) is 17.3 Å². The van der Waals surface area contributed by atoms with Crippen LogP contribution in [0.15, 0.2) is 47.4 Å². The van der Waals surface area contributed by atoms with Gasteiger partial charge in [-0.15, -0.1) is 0 Å². The minimum absolute atomic E-state index is 0.000847. The fourth-order valence-corrected chi connectivity index (χ4v) is 3.86. The number of hydrogen-bond donors (Lipinski definition) is 1. The van der Waals surface area contributed by atoms with Gasteiger partial charge in [0.05, 0.1) is 29.6 Å². The van der Waals surface area contributed by atoms with Gasteiger partial charge in [-0.2, -0.15) is 15.3 Å². The van der Waals surface area contributed by atoms with Crippen molar-refractivity contribution < 1.29 is 9.32 Å². The van der Waals surface area contributed by atoms with Crippen molar-refractivity contribution in [3.8, 4) is 28.8 Å². The van der Waals surface area contributed by atoms with Crippen LogP contribution >= 0.6 is 0 Å². The van der Waals surface area contributed by atoms with Crippen molar-refractivity contribution in [2.45, 2.75) is 25.3 Å². The number of benzene rings is 1. The number of nitrogens with zero attached hydrogens (tertiary/aromatic N) is 8. The van der Waals surface area contributed by atoms with E-state index in [4.69, 9.17) is 15.5 Å². The maximum Gasteiger partial charge on any atom is 0.261 e. The summed E-state index contributed by atoms with van der Waals surface area (Å²) in [4.78, 5) is 26.5. The van der Waals surface area contributed by atoms with Crippen LogP contribution in [0, 0.1) is 17.2 Å². The van der Waals surface area contributed by atoms with Crippen LogP contribution in [-0.2, 0) is 11.3 Å². The van der Waals surface area contributed by atoms with Gasteiger partial charge in [0.2, 0.25) is 5.91 Å². The SMILES string of the molecule is CN(C)C(=O)Cn1cc(-c2nc([C@@H](c3ccc(-c4cnc(N)c(C#N)n4)cc3)C3CC3)no2)cn1. The molecule has 1 atom stereocenters. The molecule has 0 saturated heterocycles.